The van der Waals surface area contributed by atoms with Crippen molar-refractivity contribution >= 4 is 40.8 Å². The summed E-state index contributed by atoms with van der Waals surface area (Å²) in [5, 5.41) is 8.41. The van der Waals surface area contributed by atoms with Crippen LogP contribution in [0, 0.1) is 0 Å². The molecule has 1 aliphatic rings. The Morgan fingerprint density at radius 3 is 2.57 bits per heavy atom. The fraction of sp³-hybridized carbons (Fsp3) is 0.350. The van der Waals surface area contributed by atoms with Crippen LogP contribution in [0.5, 0.6) is 0 Å². The third-order valence-electron chi connectivity index (χ3n) is 4.73. The van der Waals surface area contributed by atoms with Crippen LogP contribution in [0.25, 0.3) is 0 Å². The summed E-state index contributed by atoms with van der Waals surface area (Å²) in [5.41, 5.74) is 2.77. The molecule has 0 spiro atoms. The highest BCUT2D eigenvalue weighted by molar-refractivity contribution is 6.42. The lowest BCUT2D eigenvalue weighted by molar-refractivity contribution is -0.138. The molecule has 1 N–H and O–H groups in total. The minimum absolute atomic E-state index is 0.105. The van der Waals surface area contributed by atoms with Crippen molar-refractivity contribution in [1.29, 1.82) is 0 Å². The second kappa shape index (κ2) is 7.97. The Labute approximate surface area is 173 Å². The first-order chi connectivity index (χ1) is 13.3. The molecule has 6 nitrogen and oxygen atoms in total. The monoisotopic (exact) mass is 421 g/mol. The molecule has 1 aromatic carbocycles. The van der Waals surface area contributed by atoms with Crippen molar-refractivity contribution in [3.63, 3.8) is 0 Å². The highest BCUT2D eigenvalue weighted by atomic mass is 35.5. The number of esters is 1. The second-order valence-electron chi connectivity index (χ2n) is 6.50. The first-order valence-electron chi connectivity index (χ1n) is 9.00. The number of anilines is 1. The number of nitrogens with one attached hydrogen (secondary N) is 1. The lowest BCUT2D eigenvalue weighted by Crippen LogP contribution is -2.25. The molecule has 0 aliphatic carbocycles. The van der Waals surface area contributed by atoms with Crippen molar-refractivity contribution in [1.82, 2.24) is 9.78 Å². The first-order valence-corrected chi connectivity index (χ1v) is 9.75. The number of hydrogen-bond donors (Lipinski definition) is 1. The van der Waals surface area contributed by atoms with Gasteiger partial charge in [-0.2, -0.15) is 5.10 Å². The molecule has 28 heavy (non-hydrogen) atoms. The zero-order valence-corrected chi connectivity index (χ0v) is 17.6. The number of fused-ring (bicyclic) bond motifs is 1. The number of aryl methyl sites for hydroxylation is 1. The van der Waals surface area contributed by atoms with Gasteiger partial charge in [-0.05, 0) is 31.5 Å². The van der Waals surface area contributed by atoms with Crippen LogP contribution in [0.2, 0.25) is 10.0 Å². The van der Waals surface area contributed by atoms with Gasteiger partial charge in [0.15, 0.2) is 5.78 Å². The molecule has 1 aliphatic heterocycles. The topological polar surface area (TPSA) is 73.2 Å². The Bertz CT molecular complexity index is 995. The van der Waals surface area contributed by atoms with Gasteiger partial charge in [0, 0.05) is 30.6 Å². The van der Waals surface area contributed by atoms with Gasteiger partial charge in [-0.25, -0.2) is 4.79 Å². The molecule has 0 amide bonds. The molecule has 8 heteroatoms. The van der Waals surface area contributed by atoms with Crippen molar-refractivity contribution in [3.05, 3.63) is 56.3 Å². The number of rotatable bonds is 5. The fourth-order valence-electron chi connectivity index (χ4n) is 3.45. The minimum Gasteiger partial charge on any atom is -0.463 e. The molecular formula is C20H21Cl2N3O3. The molecule has 1 unspecified atom stereocenters. The summed E-state index contributed by atoms with van der Waals surface area (Å²) in [7, 11) is 1.76. The fourth-order valence-corrected chi connectivity index (χ4v) is 3.75. The van der Waals surface area contributed by atoms with Crippen LogP contribution in [-0.4, -0.2) is 28.1 Å². The van der Waals surface area contributed by atoms with Gasteiger partial charge in [-0.15, -0.1) is 0 Å². The number of Topliss-reactive ketones (excluding diaryl/α,β-unsaturated/α-hetero) is 1. The molecule has 0 radical (unpaired) electrons. The maximum atomic E-state index is 12.8. The van der Waals surface area contributed by atoms with E-state index in [9.17, 15) is 9.59 Å². The molecule has 0 saturated carbocycles. The maximum Gasteiger partial charge on any atom is 0.336 e. The molecule has 0 saturated heterocycles. The van der Waals surface area contributed by atoms with E-state index in [1.165, 1.54) is 0 Å². The lowest BCUT2D eigenvalue weighted by atomic mass is 9.80. The van der Waals surface area contributed by atoms with E-state index in [1.807, 2.05) is 0 Å². The van der Waals surface area contributed by atoms with Gasteiger partial charge in [0.1, 0.15) is 11.5 Å². The second-order valence-corrected chi connectivity index (χ2v) is 7.32. The van der Waals surface area contributed by atoms with Crippen LogP contribution in [0.3, 0.4) is 0 Å². The van der Waals surface area contributed by atoms with Crippen LogP contribution in [-0.2, 0) is 16.6 Å². The molecule has 3 rings (SSSR count). The third-order valence-corrected chi connectivity index (χ3v) is 5.47. The predicted molar refractivity (Wildman–Crippen MR) is 109 cm³/mol. The summed E-state index contributed by atoms with van der Waals surface area (Å²) in [6.07, 6.45) is 0.301. The van der Waals surface area contributed by atoms with E-state index >= 15 is 0 Å². The number of allylic oxidation sites excluding steroid dienone is 1. The summed E-state index contributed by atoms with van der Waals surface area (Å²) in [5.74, 6) is -0.442. The summed E-state index contributed by atoms with van der Waals surface area (Å²) >= 11 is 12.3. The van der Waals surface area contributed by atoms with Gasteiger partial charge in [0.05, 0.1) is 22.2 Å². The Morgan fingerprint density at radius 1 is 1.25 bits per heavy atom. The predicted octanol–water partition coefficient (Wildman–Crippen LogP) is 4.71. The van der Waals surface area contributed by atoms with E-state index in [0.29, 0.717) is 44.8 Å². The van der Waals surface area contributed by atoms with Crippen LogP contribution in [0.4, 0.5) is 5.82 Å². The largest absolute Gasteiger partial charge is 0.463 e. The Hall–Kier alpha value is -2.31. The van der Waals surface area contributed by atoms with Gasteiger partial charge in [0.2, 0.25) is 0 Å². The van der Waals surface area contributed by atoms with E-state index < -0.39 is 11.9 Å². The van der Waals surface area contributed by atoms with Crippen LogP contribution < -0.4 is 5.32 Å². The van der Waals surface area contributed by atoms with Crippen LogP contribution >= 0.6 is 23.2 Å². The normalized spacial score (nSPS) is 15.9. The van der Waals surface area contributed by atoms with Gasteiger partial charge in [-0.1, -0.05) is 36.2 Å². The van der Waals surface area contributed by atoms with Crippen molar-refractivity contribution in [2.45, 2.75) is 33.1 Å². The number of carbonyl (C=O) groups is 2. The highest BCUT2D eigenvalue weighted by Gasteiger charge is 2.38. The summed E-state index contributed by atoms with van der Waals surface area (Å²) in [6.45, 7) is 5.57. The average molecular weight is 422 g/mol. The van der Waals surface area contributed by atoms with Crippen molar-refractivity contribution < 1.29 is 14.3 Å². The molecular weight excluding hydrogens is 401 g/mol. The van der Waals surface area contributed by atoms with E-state index in [2.05, 4.69) is 10.4 Å². The number of halogens is 2. The summed E-state index contributed by atoms with van der Waals surface area (Å²) < 4.78 is 6.92. The number of ether oxygens (including phenoxy) is 1. The smallest absolute Gasteiger partial charge is 0.336 e. The number of benzene rings is 1. The lowest BCUT2D eigenvalue weighted by Gasteiger charge is -2.28. The van der Waals surface area contributed by atoms with Crippen LogP contribution in [0.1, 0.15) is 54.7 Å². The van der Waals surface area contributed by atoms with Crippen molar-refractivity contribution in [3.8, 4) is 0 Å². The van der Waals surface area contributed by atoms with E-state index in [1.54, 1.807) is 50.7 Å². The average Bonchev–Trinajstić information content (AvgIpc) is 2.98. The molecule has 0 bridgehead atoms. The first kappa shape index (κ1) is 20.4. The highest BCUT2D eigenvalue weighted by Crippen LogP contribution is 2.45. The number of carbonyl (C=O) groups excluding carboxylic acids is 2. The summed E-state index contributed by atoms with van der Waals surface area (Å²) in [6, 6.07) is 5.19. The number of nitrogens with zero attached hydrogens (tertiary/aromatic N) is 2. The quantitative estimate of drug-likeness (QED) is 0.558. The standard InChI is InChI=1S/C20H21Cl2N3O3/c1-5-14(26)18-17-16(11-7-8-12(21)13(22)9-11)15(20(27)28-6-2)10(3)23-19(17)25(4)24-18/h7-9,16,23H,5-6H2,1-4H3. The number of aromatic nitrogens is 2. The SMILES string of the molecule is CCOC(=O)C1=C(C)Nc2c(c(C(=O)CC)nn2C)C1c1ccc(Cl)c(Cl)c1. The minimum atomic E-state index is -0.552. The van der Waals surface area contributed by atoms with E-state index in [4.69, 9.17) is 27.9 Å². The van der Waals surface area contributed by atoms with E-state index in [0.717, 1.165) is 5.56 Å². The molecule has 1 atom stereocenters. The number of ketones is 1. The Kier molecular flexibility index (Phi) is 5.82. The molecule has 148 valence electrons. The summed E-state index contributed by atoms with van der Waals surface area (Å²) in [4.78, 5) is 25.4. The zero-order valence-electron chi connectivity index (χ0n) is 16.1. The molecule has 1 aromatic heterocycles. The van der Waals surface area contributed by atoms with E-state index in [-0.39, 0.29) is 12.4 Å². The van der Waals surface area contributed by atoms with Crippen molar-refractivity contribution in [2.24, 2.45) is 7.05 Å². The van der Waals surface area contributed by atoms with Gasteiger partial charge in [-0.3, -0.25) is 9.48 Å². The zero-order chi connectivity index (χ0) is 20.6. The van der Waals surface area contributed by atoms with Gasteiger partial charge >= 0.3 is 5.97 Å². The van der Waals surface area contributed by atoms with Gasteiger partial charge in [0.25, 0.3) is 0 Å². The van der Waals surface area contributed by atoms with Crippen LogP contribution in [0.15, 0.2) is 29.5 Å². The Balaban J connectivity index is 2.30. The molecule has 0 fully saturated rings. The number of hydrogen-bond acceptors (Lipinski definition) is 5. The third kappa shape index (κ3) is 3.42. The molecule has 2 aromatic rings. The van der Waals surface area contributed by atoms with Crippen molar-refractivity contribution in [2.75, 3.05) is 11.9 Å². The molecule has 2 heterocycles. The van der Waals surface area contributed by atoms with Gasteiger partial charge < -0.3 is 10.1 Å². The Morgan fingerprint density at radius 2 is 1.96 bits per heavy atom. The maximum absolute atomic E-state index is 12.8.